The van der Waals surface area contributed by atoms with E-state index in [2.05, 4.69) is 5.32 Å². The number of carbonyl (C=O) groups excluding carboxylic acids is 1. The summed E-state index contributed by atoms with van der Waals surface area (Å²) in [4.78, 5) is 15.0. The van der Waals surface area contributed by atoms with Gasteiger partial charge in [-0.1, -0.05) is 30.3 Å². The Labute approximate surface area is 175 Å². The fourth-order valence-corrected chi connectivity index (χ4v) is 3.89. The van der Waals surface area contributed by atoms with Gasteiger partial charge in [0.1, 0.15) is 5.82 Å². The number of rotatable bonds is 4. The zero-order valence-electron chi connectivity index (χ0n) is 16.9. The number of carbonyl (C=O) groups is 1. The smallest absolute Gasteiger partial charge is 0.322 e. The van der Waals surface area contributed by atoms with Crippen molar-refractivity contribution in [2.75, 3.05) is 26.1 Å². The van der Waals surface area contributed by atoms with Crippen molar-refractivity contribution in [2.24, 2.45) is 0 Å². The highest BCUT2D eigenvalue weighted by molar-refractivity contribution is 5.90. The number of amides is 2. The average Bonchev–Trinajstić information content (AvgIpc) is 2.78. The highest BCUT2D eigenvalue weighted by Crippen LogP contribution is 2.41. The average molecular weight is 406 g/mol. The zero-order valence-corrected chi connectivity index (χ0v) is 16.9. The number of anilines is 1. The summed E-state index contributed by atoms with van der Waals surface area (Å²) in [6, 6.07) is 18.9. The van der Waals surface area contributed by atoms with E-state index in [1.807, 2.05) is 42.5 Å². The fourth-order valence-electron chi connectivity index (χ4n) is 3.89. The number of nitrogens with zero attached hydrogens (tertiary/aromatic N) is 1. The van der Waals surface area contributed by atoms with Crippen LogP contribution >= 0.6 is 0 Å². The van der Waals surface area contributed by atoms with Crippen molar-refractivity contribution < 1.29 is 18.7 Å². The van der Waals surface area contributed by atoms with Crippen LogP contribution in [-0.4, -0.2) is 31.7 Å². The van der Waals surface area contributed by atoms with E-state index in [1.165, 1.54) is 12.1 Å². The van der Waals surface area contributed by atoms with Crippen molar-refractivity contribution in [2.45, 2.75) is 12.5 Å². The van der Waals surface area contributed by atoms with E-state index in [-0.39, 0.29) is 17.9 Å². The molecule has 0 aliphatic carbocycles. The van der Waals surface area contributed by atoms with Crippen LogP contribution in [-0.2, 0) is 6.42 Å². The van der Waals surface area contributed by atoms with E-state index in [0.29, 0.717) is 24.5 Å². The number of nitrogens with one attached hydrogen (secondary N) is 1. The molecule has 154 valence electrons. The third kappa shape index (κ3) is 3.81. The van der Waals surface area contributed by atoms with Crippen LogP contribution < -0.4 is 14.8 Å². The lowest BCUT2D eigenvalue weighted by atomic mass is 9.88. The van der Waals surface area contributed by atoms with Crippen molar-refractivity contribution in [1.82, 2.24) is 4.90 Å². The van der Waals surface area contributed by atoms with Gasteiger partial charge >= 0.3 is 6.03 Å². The maximum absolute atomic E-state index is 13.6. The number of urea groups is 1. The Hall–Kier alpha value is -3.54. The molecule has 0 bridgehead atoms. The van der Waals surface area contributed by atoms with E-state index in [4.69, 9.17) is 9.47 Å². The maximum atomic E-state index is 13.6. The molecular weight excluding hydrogens is 383 g/mol. The largest absolute Gasteiger partial charge is 0.493 e. The van der Waals surface area contributed by atoms with Crippen LogP contribution in [0, 0.1) is 5.82 Å². The first-order valence-corrected chi connectivity index (χ1v) is 9.73. The standard InChI is InChI=1S/C24H23FN2O3/c1-29-21-14-17-12-13-27(24(28)26-19-6-4-3-5-7-19)23(20(17)15-22(21)30-2)16-8-10-18(25)11-9-16/h3-11,14-15,23H,12-13H2,1-2H3,(H,26,28)/t23-/m0/s1. The highest BCUT2D eigenvalue weighted by Gasteiger charge is 2.33. The Kier molecular flexibility index (Phi) is 5.57. The predicted octanol–water partition coefficient (Wildman–Crippen LogP) is 5.02. The van der Waals surface area contributed by atoms with Gasteiger partial charge in [0.15, 0.2) is 11.5 Å². The number of fused-ring (bicyclic) bond motifs is 1. The minimum absolute atomic E-state index is 0.212. The Morgan fingerprint density at radius 3 is 2.33 bits per heavy atom. The molecule has 6 heteroatoms. The Balaban J connectivity index is 1.77. The zero-order chi connectivity index (χ0) is 21.1. The summed E-state index contributed by atoms with van der Waals surface area (Å²) in [5.74, 6) is 0.923. The van der Waals surface area contributed by atoms with E-state index < -0.39 is 0 Å². The van der Waals surface area contributed by atoms with Crippen LogP contribution in [0.15, 0.2) is 66.7 Å². The molecule has 0 aromatic heterocycles. The molecule has 0 saturated heterocycles. The fraction of sp³-hybridized carbons (Fsp3) is 0.208. The molecule has 0 fully saturated rings. The van der Waals surface area contributed by atoms with Crippen LogP contribution in [0.1, 0.15) is 22.7 Å². The lowest BCUT2D eigenvalue weighted by molar-refractivity contribution is 0.193. The maximum Gasteiger partial charge on any atom is 0.322 e. The van der Waals surface area contributed by atoms with Gasteiger partial charge in [-0.25, -0.2) is 9.18 Å². The van der Waals surface area contributed by atoms with Gasteiger partial charge in [0.2, 0.25) is 0 Å². The minimum Gasteiger partial charge on any atom is -0.493 e. The summed E-state index contributed by atoms with van der Waals surface area (Å²) in [7, 11) is 3.18. The number of hydrogen-bond acceptors (Lipinski definition) is 3. The predicted molar refractivity (Wildman–Crippen MR) is 114 cm³/mol. The topological polar surface area (TPSA) is 50.8 Å². The van der Waals surface area contributed by atoms with Crippen molar-refractivity contribution in [3.05, 3.63) is 89.2 Å². The number of ether oxygens (including phenoxy) is 2. The second-order valence-electron chi connectivity index (χ2n) is 7.10. The number of para-hydroxylation sites is 1. The normalized spacial score (nSPS) is 15.3. The van der Waals surface area contributed by atoms with Gasteiger partial charge in [-0.2, -0.15) is 0 Å². The first kappa shape index (κ1) is 19.8. The number of methoxy groups -OCH3 is 2. The van der Waals surface area contributed by atoms with E-state index >= 15 is 0 Å². The molecule has 1 aliphatic rings. The lowest BCUT2D eigenvalue weighted by Gasteiger charge is -2.38. The summed E-state index contributed by atoms with van der Waals surface area (Å²) >= 11 is 0. The minimum atomic E-state index is -0.377. The summed E-state index contributed by atoms with van der Waals surface area (Å²) in [5.41, 5.74) is 3.56. The molecule has 1 aliphatic heterocycles. The molecule has 0 saturated carbocycles. The molecular formula is C24H23FN2O3. The highest BCUT2D eigenvalue weighted by atomic mass is 19.1. The first-order valence-electron chi connectivity index (χ1n) is 9.73. The molecule has 4 rings (SSSR count). The summed E-state index contributed by atoms with van der Waals surface area (Å²) in [6.45, 7) is 0.517. The van der Waals surface area contributed by atoms with E-state index in [1.54, 1.807) is 31.3 Å². The third-order valence-electron chi connectivity index (χ3n) is 5.35. The second-order valence-corrected chi connectivity index (χ2v) is 7.10. The van der Waals surface area contributed by atoms with Crippen LogP contribution in [0.5, 0.6) is 11.5 Å². The van der Waals surface area contributed by atoms with Gasteiger partial charge in [-0.05, 0) is 59.5 Å². The number of halogens is 1. The quantitative estimate of drug-likeness (QED) is 0.662. The Morgan fingerprint density at radius 2 is 1.67 bits per heavy atom. The van der Waals surface area contributed by atoms with E-state index in [9.17, 15) is 9.18 Å². The third-order valence-corrected chi connectivity index (χ3v) is 5.35. The van der Waals surface area contributed by atoms with Crippen LogP contribution in [0.4, 0.5) is 14.9 Å². The number of benzene rings is 3. The molecule has 0 radical (unpaired) electrons. The molecule has 30 heavy (non-hydrogen) atoms. The van der Waals surface area contributed by atoms with Gasteiger partial charge in [-0.3, -0.25) is 0 Å². The van der Waals surface area contributed by atoms with Crippen LogP contribution in [0.2, 0.25) is 0 Å². The van der Waals surface area contributed by atoms with Crippen molar-refractivity contribution in [1.29, 1.82) is 0 Å². The molecule has 2 amide bonds. The van der Waals surface area contributed by atoms with Gasteiger partial charge in [0.05, 0.1) is 20.3 Å². The van der Waals surface area contributed by atoms with Gasteiger partial charge in [0.25, 0.3) is 0 Å². The second kappa shape index (κ2) is 8.45. The first-order chi connectivity index (χ1) is 14.6. The summed E-state index contributed by atoms with van der Waals surface area (Å²) < 4.78 is 24.5. The number of hydrogen-bond donors (Lipinski definition) is 1. The Morgan fingerprint density at radius 1 is 1.00 bits per heavy atom. The molecule has 1 atom stereocenters. The van der Waals surface area contributed by atoms with Crippen molar-refractivity contribution in [3.8, 4) is 11.5 Å². The molecule has 0 unspecified atom stereocenters. The van der Waals surface area contributed by atoms with Crippen molar-refractivity contribution in [3.63, 3.8) is 0 Å². The lowest BCUT2D eigenvalue weighted by Crippen LogP contribution is -2.43. The van der Waals surface area contributed by atoms with Gasteiger partial charge < -0.3 is 19.7 Å². The van der Waals surface area contributed by atoms with Gasteiger partial charge in [0, 0.05) is 12.2 Å². The molecule has 1 heterocycles. The van der Waals surface area contributed by atoms with Gasteiger partial charge in [-0.15, -0.1) is 0 Å². The molecule has 3 aromatic rings. The van der Waals surface area contributed by atoms with Crippen LogP contribution in [0.3, 0.4) is 0 Å². The molecule has 0 spiro atoms. The molecule has 3 aromatic carbocycles. The van der Waals surface area contributed by atoms with Crippen molar-refractivity contribution >= 4 is 11.7 Å². The van der Waals surface area contributed by atoms with E-state index in [0.717, 1.165) is 22.4 Å². The molecule has 5 nitrogen and oxygen atoms in total. The summed E-state index contributed by atoms with van der Waals surface area (Å²) in [6.07, 6.45) is 0.676. The summed E-state index contributed by atoms with van der Waals surface area (Å²) in [5, 5.41) is 2.96. The van der Waals surface area contributed by atoms with Crippen LogP contribution in [0.25, 0.3) is 0 Å². The molecule has 1 N–H and O–H groups in total. The monoisotopic (exact) mass is 406 g/mol. The SMILES string of the molecule is COc1cc2c(cc1OC)[C@H](c1ccc(F)cc1)N(C(=O)Nc1ccccc1)CC2. The Bertz CT molecular complexity index is 1040.